The van der Waals surface area contributed by atoms with Gasteiger partial charge in [-0.15, -0.1) is 0 Å². The van der Waals surface area contributed by atoms with Crippen LogP contribution < -0.4 is 0 Å². The Hall–Kier alpha value is -1.06. The number of ether oxygens (including phenoxy) is 1. The van der Waals surface area contributed by atoms with E-state index in [-0.39, 0.29) is 24.2 Å². The summed E-state index contributed by atoms with van der Waals surface area (Å²) >= 11 is 0. The molecule has 16 heavy (non-hydrogen) atoms. The van der Waals surface area contributed by atoms with Gasteiger partial charge in [0, 0.05) is 13.1 Å². The molecule has 2 atom stereocenters. The van der Waals surface area contributed by atoms with Crippen LogP contribution in [0.4, 0.5) is 0 Å². The summed E-state index contributed by atoms with van der Waals surface area (Å²) in [6.45, 7) is 9.05. The van der Waals surface area contributed by atoms with Gasteiger partial charge in [0.15, 0.2) is 0 Å². The van der Waals surface area contributed by atoms with Crippen molar-refractivity contribution >= 4 is 11.9 Å². The fourth-order valence-corrected chi connectivity index (χ4v) is 2.18. The number of nitrogens with zero attached hydrogens (tertiary/aromatic N) is 1. The van der Waals surface area contributed by atoms with E-state index in [1.54, 1.807) is 4.90 Å². The van der Waals surface area contributed by atoms with Crippen molar-refractivity contribution in [2.45, 2.75) is 46.1 Å². The van der Waals surface area contributed by atoms with Crippen LogP contribution in [0.5, 0.6) is 0 Å². The van der Waals surface area contributed by atoms with Gasteiger partial charge < -0.3 is 9.64 Å². The minimum absolute atomic E-state index is 0.0419. The Balaban J connectivity index is 2.86. The molecule has 4 nitrogen and oxygen atoms in total. The average Bonchev–Trinajstić information content (AvgIpc) is 2.56. The zero-order valence-corrected chi connectivity index (χ0v) is 10.6. The van der Waals surface area contributed by atoms with Gasteiger partial charge in [-0.3, -0.25) is 9.59 Å². The molecule has 0 N–H and O–H groups in total. The molecule has 2 unspecified atom stereocenters. The van der Waals surface area contributed by atoms with Gasteiger partial charge in [0.25, 0.3) is 0 Å². The summed E-state index contributed by atoms with van der Waals surface area (Å²) < 4.78 is 5.28. The zero-order chi connectivity index (χ0) is 12.3. The third kappa shape index (κ3) is 2.20. The lowest BCUT2D eigenvalue weighted by molar-refractivity contribution is -0.150. The van der Waals surface area contributed by atoms with Gasteiger partial charge in [-0.25, -0.2) is 0 Å². The van der Waals surface area contributed by atoms with Crippen LogP contribution in [0, 0.1) is 5.92 Å². The topological polar surface area (TPSA) is 46.6 Å². The number of carbonyl (C=O) groups excluding carboxylic acids is 2. The highest BCUT2D eigenvalue weighted by molar-refractivity contribution is 5.87. The number of hydrogen-bond donors (Lipinski definition) is 0. The predicted octanol–water partition coefficient (Wildman–Crippen LogP) is 1.59. The first-order chi connectivity index (χ1) is 7.48. The van der Waals surface area contributed by atoms with Crippen LogP contribution in [-0.2, 0) is 14.3 Å². The van der Waals surface area contributed by atoms with Crippen molar-refractivity contribution in [2.24, 2.45) is 5.92 Å². The van der Waals surface area contributed by atoms with Crippen LogP contribution in [0.2, 0.25) is 0 Å². The summed E-state index contributed by atoms with van der Waals surface area (Å²) in [6, 6.07) is 0. The van der Waals surface area contributed by atoms with Crippen LogP contribution >= 0.6 is 0 Å². The number of amides is 1. The van der Waals surface area contributed by atoms with E-state index in [0.29, 0.717) is 19.5 Å². The van der Waals surface area contributed by atoms with Gasteiger partial charge in [-0.2, -0.15) is 0 Å². The van der Waals surface area contributed by atoms with Gasteiger partial charge in [-0.1, -0.05) is 6.92 Å². The van der Waals surface area contributed by atoms with E-state index in [0.717, 1.165) is 0 Å². The third-order valence-corrected chi connectivity index (χ3v) is 3.53. The molecule has 1 fully saturated rings. The highest BCUT2D eigenvalue weighted by Crippen LogP contribution is 2.36. The second kappa shape index (κ2) is 4.85. The lowest BCUT2D eigenvalue weighted by Gasteiger charge is -2.31. The smallest absolute Gasteiger partial charge is 0.307 e. The van der Waals surface area contributed by atoms with E-state index in [1.165, 1.54) is 0 Å². The molecule has 0 radical (unpaired) electrons. The molecular formula is C12H21NO3. The van der Waals surface area contributed by atoms with Crippen molar-refractivity contribution in [3.8, 4) is 0 Å². The zero-order valence-electron chi connectivity index (χ0n) is 10.6. The molecule has 0 spiro atoms. The quantitative estimate of drug-likeness (QED) is 0.685. The maximum atomic E-state index is 12.2. The first-order valence-electron chi connectivity index (χ1n) is 5.99. The van der Waals surface area contributed by atoms with Crippen LogP contribution in [0.15, 0.2) is 0 Å². The lowest BCUT2D eigenvalue weighted by Crippen LogP contribution is -2.44. The van der Waals surface area contributed by atoms with E-state index in [2.05, 4.69) is 0 Å². The summed E-state index contributed by atoms with van der Waals surface area (Å²) in [4.78, 5) is 25.3. The number of hydrogen-bond acceptors (Lipinski definition) is 3. The molecule has 1 heterocycles. The first-order valence-corrected chi connectivity index (χ1v) is 5.99. The second-order valence-electron chi connectivity index (χ2n) is 4.41. The molecule has 4 heteroatoms. The van der Waals surface area contributed by atoms with Crippen LogP contribution in [-0.4, -0.2) is 35.5 Å². The summed E-state index contributed by atoms with van der Waals surface area (Å²) in [7, 11) is 0. The molecule has 0 aromatic carbocycles. The Kier molecular flexibility index (Phi) is 3.94. The van der Waals surface area contributed by atoms with Gasteiger partial charge in [0.1, 0.15) is 5.60 Å². The van der Waals surface area contributed by atoms with Crippen LogP contribution in [0.1, 0.15) is 40.5 Å². The van der Waals surface area contributed by atoms with E-state index in [9.17, 15) is 9.59 Å². The number of carbonyl (C=O) groups is 2. The van der Waals surface area contributed by atoms with Crippen LogP contribution in [0.25, 0.3) is 0 Å². The Morgan fingerprint density at radius 2 is 2.00 bits per heavy atom. The van der Waals surface area contributed by atoms with Crippen molar-refractivity contribution in [2.75, 3.05) is 13.1 Å². The Morgan fingerprint density at radius 3 is 2.44 bits per heavy atom. The van der Waals surface area contributed by atoms with Crippen molar-refractivity contribution in [1.29, 1.82) is 0 Å². The molecule has 0 aromatic heterocycles. The normalized spacial score (nSPS) is 29.0. The van der Waals surface area contributed by atoms with Gasteiger partial charge in [0.05, 0.1) is 12.3 Å². The molecular weight excluding hydrogens is 206 g/mol. The SMILES string of the molecule is CCN(CC)C(=O)C1CC(=O)OC1(C)CC. The highest BCUT2D eigenvalue weighted by Gasteiger charge is 2.49. The summed E-state index contributed by atoms with van der Waals surface area (Å²) in [6.07, 6.45) is 0.899. The first kappa shape index (κ1) is 13.0. The second-order valence-corrected chi connectivity index (χ2v) is 4.41. The summed E-state index contributed by atoms with van der Waals surface area (Å²) in [5, 5.41) is 0. The number of cyclic esters (lactones) is 1. The molecule has 0 saturated carbocycles. The molecule has 92 valence electrons. The van der Waals surface area contributed by atoms with Crippen molar-refractivity contribution in [3.63, 3.8) is 0 Å². The van der Waals surface area contributed by atoms with Crippen molar-refractivity contribution in [3.05, 3.63) is 0 Å². The monoisotopic (exact) mass is 227 g/mol. The molecule has 1 saturated heterocycles. The minimum atomic E-state index is -0.614. The Morgan fingerprint density at radius 1 is 1.44 bits per heavy atom. The summed E-state index contributed by atoms with van der Waals surface area (Å²) in [5.74, 6) is -0.528. The van der Waals surface area contributed by atoms with Crippen molar-refractivity contribution in [1.82, 2.24) is 4.90 Å². The maximum Gasteiger partial charge on any atom is 0.307 e. The molecule has 0 aliphatic carbocycles. The van der Waals surface area contributed by atoms with Gasteiger partial charge in [0.2, 0.25) is 5.91 Å². The Labute approximate surface area is 96.9 Å². The van der Waals surface area contributed by atoms with E-state index >= 15 is 0 Å². The number of esters is 1. The summed E-state index contributed by atoms with van der Waals surface area (Å²) in [5.41, 5.74) is -0.614. The van der Waals surface area contributed by atoms with E-state index in [1.807, 2.05) is 27.7 Å². The largest absolute Gasteiger partial charge is 0.458 e. The predicted molar refractivity (Wildman–Crippen MR) is 60.8 cm³/mol. The van der Waals surface area contributed by atoms with Crippen LogP contribution in [0.3, 0.4) is 0 Å². The molecule has 1 rings (SSSR count). The molecule has 0 bridgehead atoms. The average molecular weight is 227 g/mol. The van der Waals surface area contributed by atoms with Gasteiger partial charge in [-0.05, 0) is 27.2 Å². The Bertz CT molecular complexity index is 286. The maximum absolute atomic E-state index is 12.2. The molecule has 0 aromatic rings. The van der Waals surface area contributed by atoms with Gasteiger partial charge >= 0.3 is 5.97 Å². The fourth-order valence-electron chi connectivity index (χ4n) is 2.18. The third-order valence-electron chi connectivity index (χ3n) is 3.53. The molecule has 1 aliphatic heterocycles. The lowest BCUT2D eigenvalue weighted by atomic mass is 9.85. The standard InChI is InChI=1S/C12H21NO3/c1-5-12(4)9(8-10(14)16-12)11(15)13(6-2)7-3/h9H,5-8H2,1-4H3. The number of rotatable bonds is 4. The fraction of sp³-hybridized carbons (Fsp3) is 0.833. The highest BCUT2D eigenvalue weighted by atomic mass is 16.6. The van der Waals surface area contributed by atoms with E-state index in [4.69, 9.17) is 4.74 Å². The molecule has 1 aliphatic rings. The van der Waals surface area contributed by atoms with Crippen molar-refractivity contribution < 1.29 is 14.3 Å². The molecule has 1 amide bonds. The minimum Gasteiger partial charge on any atom is -0.458 e. The van der Waals surface area contributed by atoms with E-state index < -0.39 is 5.60 Å².